The Morgan fingerprint density at radius 1 is 1.00 bits per heavy atom. The summed E-state index contributed by atoms with van der Waals surface area (Å²) in [7, 11) is 0. The smallest absolute Gasteiger partial charge is 0.162 e. The van der Waals surface area contributed by atoms with Gasteiger partial charge in [0, 0.05) is 5.56 Å². The maximum Gasteiger partial charge on any atom is 0.162 e. The predicted molar refractivity (Wildman–Crippen MR) is 69.8 cm³/mol. The fourth-order valence-electron chi connectivity index (χ4n) is 1.92. The van der Waals surface area contributed by atoms with Gasteiger partial charge in [0.05, 0.1) is 5.38 Å². The zero-order valence-electron chi connectivity index (χ0n) is 10.3. The fraction of sp³-hybridized carbons (Fsp3) is 0.200. The summed E-state index contributed by atoms with van der Waals surface area (Å²) in [5.74, 6) is -2.26. The highest BCUT2D eigenvalue weighted by Crippen LogP contribution is 2.29. The minimum Gasteiger partial charge on any atom is -0.206 e. The van der Waals surface area contributed by atoms with Crippen molar-refractivity contribution in [2.75, 3.05) is 0 Å². The molecular formula is C15H12ClF3. The van der Waals surface area contributed by atoms with Gasteiger partial charge in [-0.3, -0.25) is 0 Å². The quantitative estimate of drug-likeness (QED) is 0.701. The number of benzene rings is 2. The summed E-state index contributed by atoms with van der Waals surface area (Å²) in [4.78, 5) is 0. The van der Waals surface area contributed by atoms with Crippen LogP contribution in [0.4, 0.5) is 13.2 Å². The van der Waals surface area contributed by atoms with Crippen molar-refractivity contribution in [2.24, 2.45) is 0 Å². The van der Waals surface area contributed by atoms with Crippen LogP contribution in [0.25, 0.3) is 0 Å². The van der Waals surface area contributed by atoms with Gasteiger partial charge in [-0.05, 0) is 30.5 Å². The molecule has 19 heavy (non-hydrogen) atoms. The first-order valence-electron chi connectivity index (χ1n) is 5.82. The third-order valence-corrected chi connectivity index (χ3v) is 3.38. The second-order valence-corrected chi connectivity index (χ2v) is 4.89. The first kappa shape index (κ1) is 13.9. The maximum absolute atomic E-state index is 13.9. The molecule has 0 saturated carbocycles. The van der Waals surface area contributed by atoms with Crippen LogP contribution in [0.5, 0.6) is 0 Å². The van der Waals surface area contributed by atoms with Crippen LogP contribution in [0.15, 0.2) is 36.4 Å². The van der Waals surface area contributed by atoms with E-state index in [9.17, 15) is 13.2 Å². The van der Waals surface area contributed by atoms with Gasteiger partial charge >= 0.3 is 0 Å². The second-order valence-electron chi connectivity index (χ2n) is 4.36. The summed E-state index contributed by atoms with van der Waals surface area (Å²) in [6, 6.07) is 8.76. The van der Waals surface area contributed by atoms with Crippen LogP contribution in [0, 0.1) is 24.4 Å². The lowest BCUT2D eigenvalue weighted by Crippen LogP contribution is -2.03. The van der Waals surface area contributed by atoms with Gasteiger partial charge in [0.1, 0.15) is 5.82 Å². The van der Waals surface area contributed by atoms with Crippen molar-refractivity contribution >= 4 is 11.6 Å². The van der Waals surface area contributed by atoms with Crippen molar-refractivity contribution in [3.8, 4) is 0 Å². The third-order valence-electron chi connectivity index (χ3n) is 2.99. The number of hydrogen-bond acceptors (Lipinski definition) is 0. The second kappa shape index (κ2) is 5.66. The Morgan fingerprint density at radius 2 is 1.68 bits per heavy atom. The topological polar surface area (TPSA) is 0 Å². The lowest BCUT2D eigenvalue weighted by molar-refractivity contribution is 0.497. The molecule has 0 bridgehead atoms. The minimum absolute atomic E-state index is 0.0333. The number of rotatable bonds is 3. The van der Waals surface area contributed by atoms with E-state index < -0.39 is 22.8 Å². The molecule has 0 amide bonds. The molecule has 100 valence electrons. The van der Waals surface area contributed by atoms with Crippen molar-refractivity contribution in [1.82, 2.24) is 0 Å². The molecule has 0 nitrogen and oxygen atoms in total. The van der Waals surface area contributed by atoms with Gasteiger partial charge in [-0.1, -0.05) is 30.3 Å². The summed E-state index contributed by atoms with van der Waals surface area (Å²) in [5, 5.41) is -0.740. The van der Waals surface area contributed by atoms with Crippen molar-refractivity contribution in [3.05, 3.63) is 70.5 Å². The van der Waals surface area contributed by atoms with E-state index in [-0.39, 0.29) is 12.0 Å². The Morgan fingerprint density at radius 3 is 2.42 bits per heavy atom. The Labute approximate surface area is 114 Å². The van der Waals surface area contributed by atoms with Crippen LogP contribution in [0.2, 0.25) is 0 Å². The summed E-state index contributed by atoms with van der Waals surface area (Å²) in [5.41, 5.74) is 0.911. The van der Waals surface area contributed by atoms with E-state index in [1.54, 1.807) is 25.1 Å². The number of hydrogen-bond donors (Lipinski definition) is 0. The molecule has 4 heteroatoms. The normalized spacial score (nSPS) is 12.5. The van der Waals surface area contributed by atoms with E-state index in [0.717, 1.165) is 6.07 Å². The standard InChI is InChI=1S/C15H12ClF3/c1-9-4-2-6-11(14(9)18)12(16)8-10-5-3-7-13(17)15(10)19/h2-7,12H,8H2,1H3. The van der Waals surface area contributed by atoms with Crippen molar-refractivity contribution in [2.45, 2.75) is 18.7 Å². The lowest BCUT2D eigenvalue weighted by Gasteiger charge is -2.13. The summed E-state index contributed by atoms with van der Waals surface area (Å²) in [6.07, 6.45) is 0.0333. The molecule has 1 atom stereocenters. The number of aryl methyl sites for hydroxylation is 1. The first-order chi connectivity index (χ1) is 9.00. The molecule has 0 aliphatic heterocycles. The van der Waals surface area contributed by atoms with E-state index >= 15 is 0 Å². The van der Waals surface area contributed by atoms with Crippen molar-refractivity contribution < 1.29 is 13.2 Å². The van der Waals surface area contributed by atoms with Gasteiger partial charge in [0.15, 0.2) is 11.6 Å². The molecule has 0 aromatic heterocycles. The largest absolute Gasteiger partial charge is 0.206 e. The molecule has 0 spiro atoms. The Bertz CT molecular complexity index is 596. The highest BCUT2D eigenvalue weighted by molar-refractivity contribution is 6.21. The maximum atomic E-state index is 13.9. The van der Waals surface area contributed by atoms with Gasteiger partial charge in [-0.2, -0.15) is 0 Å². The SMILES string of the molecule is Cc1cccc(C(Cl)Cc2cccc(F)c2F)c1F. The monoisotopic (exact) mass is 284 g/mol. The fourth-order valence-corrected chi connectivity index (χ4v) is 2.26. The van der Waals surface area contributed by atoms with E-state index in [1.807, 2.05) is 0 Å². The molecule has 0 aliphatic carbocycles. The molecule has 0 heterocycles. The van der Waals surface area contributed by atoms with E-state index in [1.165, 1.54) is 12.1 Å². The lowest BCUT2D eigenvalue weighted by atomic mass is 10.0. The van der Waals surface area contributed by atoms with Gasteiger partial charge in [-0.25, -0.2) is 13.2 Å². The highest BCUT2D eigenvalue weighted by atomic mass is 35.5. The van der Waals surface area contributed by atoms with Crippen LogP contribution >= 0.6 is 11.6 Å². The summed E-state index contributed by atoms with van der Waals surface area (Å²) >= 11 is 6.11. The van der Waals surface area contributed by atoms with Gasteiger partial charge in [-0.15, -0.1) is 11.6 Å². The molecule has 2 rings (SSSR count). The molecule has 1 unspecified atom stereocenters. The van der Waals surface area contributed by atoms with Crippen LogP contribution in [0.3, 0.4) is 0 Å². The van der Waals surface area contributed by atoms with E-state index in [4.69, 9.17) is 11.6 Å². The molecule has 0 N–H and O–H groups in total. The highest BCUT2D eigenvalue weighted by Gasteiger charge is 2.17. The summed E-state index contributed by atoms with van der Waals surface area (Å²) in [6.45, 7) is 1.63. The minimum atomic E-state index is -0.929. The van der Waals surface area contributed by atoms with Crippen LogP contribution < -0.4 is 0 Å². The summed E-state index contributed by atoms with van der Waals surface area (Å²) < 4.78 is 40.5. The molecule has 0 fully saturated rings. The van der Waals surface area contributed by atoms with Crippen molar-refractivity contribution in [3.63, 3.8) is 0 Å². The average Bonchev–Trinajstić information content (AvgIpc) is 2.38. The average molecular weight is 285 g/mol. The van der Waals surface area contributed by atoms with Crippen LogP contribution in [-0.2, 0) is 6.42 Å². The van der Waals surface area contributed by atoms with Crippen molar-refractivity contribution in [1.29, 1.82) is 0 Å². The van der Waals surface area contributed by atoms with Crippen LogP contribution in [-0.4, -0.2) is 0 Å². The third kappa shape index (κ3) is 2.92. The molecule has 2 aromatic carbocycles. The molecule has 0 saturated heterocycles. The van der Waals surface area contributed by atoms with E-state index in [0.29, 0.717) is 11.1 Å². The van der Waals surface area contributed by atoms with Gasteiger partial charge in [0.2, 0.25) is 0 Å². The molecule has 2 aromatic rings. The molecular weight excluding hydrogens is 273 g/mol. The molecule has 0 radical (unpaired) electrons. The Hall–Kier alpha value is -1.48. The Balaban J connectivity index is 2.28. The van der Waals surface area contributed by atoms with Gasteiger partial charge in [0.25, 0.3) is 0 Å². The zero-order valence-corrected chi connectivity index (χ0v) is 11.0. The predicted octanol–water partition coefficient (Wildman–Crippen LogP) is 4.93. The zero-order chi connectivity index (χ0) is 14.0. The first-order valence-corrected chi connectivity index (χ1v) is 6.26. The Kier molecular flexibility index (Phi) is 4.15. The number of alkyl halides is 1. The van der Waals surface area contributed by atoms with Crippen LogP contribution in [0.1, 0.15) is 22.1 Å². The molecule has 0 aliphatic rings. The van der Waals surface area contributed by atoms with E-state index in [2.05, 4.69) is 0 Å². The van der Waals surface area contributed by atoms with Gasteiger partial charge < -0.3 is 0 Å². The number of halogens is 4.